The molecule has 0 unspecified atom stereocenters. The van der Waals surface area contributed by atoms with Crippen LogP contribution in [0.15, 0.2) is 58.3 Å². The summed E-state index contributed by atoms with van der Waals surface area (Å²) in [6, 6.07) is 7.25. The fourth-order valence-electron chi connectivity index (χ4n) is 5.81. The summed E-state index contributed by atoms with van der Waals surface area (Å²) in [5.41, 5.74) is 3.53. The minimum atomic E-state index is -3.81. The van der Waals surface area contributed by atoms with E-state index in [-0.39, 0.29) is 22.4 Å². The van der Waals surface area contributed by atoms with Gasteiger partial charge in [-0.05, 0) is 53.9 Å². The summed E-state index contributed by atoms with van der Waals surface area (Å²) < 4.78 is 38.0. The summed E-state index contributed by atoms with van der Waals surface area (Å²) in [4.78, 5) is 33.4. The number of aromatic amines is 1. The molecule has 0 saturated carbocycles. The maximum absolute atomic E-state index is 13.7. The molecule has 15 nitrogen and oxygen atoms in total. The molecule has 3 N–H and O–H groups in total. The molecule has 3 aromatic heterocycles. The smallest absolute Gasteiger partial charge is 0.365 e. The summed E-state index contributed by atoms with van der Waals surface area (Å²) >= 11 is 3.53. The molecule has 0 aliphatic carbocycles. The van der Waals surface area contributed by atoms with Crippen LogP contribution < -0.4 is 31.1 Å². The number of ether oxygens (including phenoxy) is 2. The molecule has 1 aliphatic rings. The molecule has 0 radical (unpaired) electrons. The number of hydrogen-bond acceptors (Lipinski definition) is 13. The largest absolute Gasteiger partial charge is 0.494 e. The summed E-state index contributed by atoms with van der Waals surface area (Å²) in [5.74, 6) is 1.11. The molecule has 1 aliphatic heterocycles. The highest BCUT2D eigenvalue weighted by Crippen LogP contribution is 2.49. The second-order valence-corrected chi connectivity index (χ2v) is 14.7. The number of benzene rings is 2. The van der Waals surface area contributed by atoms with Crippen LogP contribution in [0.3, 0.4) is 0 Å². The van der Waals surface area contributed by atoms with E-state index in [4.69, 9.17) is 23.5 Å². The number of anilines is 5. The number of methoxy groups -OCH3 is 2. The van der Waals surface area contributed by atoms with Crippen molar-refractivity contribution in [3.05, 3.63) is 63.9 Å². The van der Waals surface area contributed by atoms with E-state index in [1.807, 2.05) is 12.1 Å². The van der Waals surface area contributed by atoms with Crippen LogP contribution in [0, 0.1) is 0 Å². The normalized spacial score (nSPS) is 14.6. The number of aromatic nitrogens is 6. The molecule has 2 aromatic carbocycles. The standard InChI is InChI=1S/C32H37BrN9O6P/c1-32(46-4)9-13-42(14-10-32)25-16-26(45-3)24(15-19(25)20-17-37-41(2)30(20)43)39-31-36-18-21(33)29(40-31)38-23-8-7-22-27(35-12-11-34-22)28(23)49(44,47-5)48-6/h7-8,11-12,15-18,37H,9-10,13-14H2,1-6H3,(H2,36,38,39,40). The third-order valence-corrected chi connectivity index (χ3v) is 11.4. The van der Waals surface area contributed by atoms with E-state index in [0.29, 0.717) is 44.0 Å². The van der Waals surface area contributed by atoms with Gasteiger partial charge in [0.15, 0.2) is 0 Å². The number of hydrogen-bond donors (Lipinski definition) is 3. The number of piperidine rings is 1. The number of rotatable bonds is 11. The molecule has 49 heavy (non-hydrogen) atoms. The molecular formula is C32H37BrN9O6P. The molecule has 0 atom stereocenters. The lowest BCUT2D eigenvalue weighted by atomic mass is 9.92. The van der Waals surface area contributed by atoms with E-state index in [0.717, 1.165) is 37.2 Å². The fourth-order valence-corrected chi connectivity index (χ4v) is 7.47. The number of aryl methyl sites for hydroxylation is 1. The zero-order valence-electron chi connectivity index (χ0n) is 27.9. The SMILES string of the molecule is COc1cc(N2CCC(C)(OC)CC2)c(-c2c[nH]n(C)c2=O)cc1Nc1ncc(Br)c(Nc2ccc3nccnc3c2P(=O)(OC)OC)n1. The molecule has 258 valence electrons. The zero-order chi connectivity index (χ0) is 34.9. The average molecular weight is 755 g/mol. The minimum Gasteiger partial charge on any atom is -0.494 e. The molecule has 6 rings (SSSR count). The summed E-state index contributed by atoms with van der Waals surface area (Å²) in [7, 11) is 3.82. The van der Waals surface area contributed by atoms with Gasteiger partial charge < -0.3 is 39.2 Å². The molecule has 1 saturated heterocycles. The molecular weight excluding hydrogens is 717 g/mol. The fraction of sp³-hybridized carbons (Fsp3) is 0.344. The lowest BCUT2D eigenvalue weighted by Gasteiger charge is -2.40. The van der Waals surface area contributed by atoms with Gasteiger partial charge in [0.05, 0.1) is 39.6 Å². The first-order valence-corrected chi connectivity index (χ1v) is 17.7. The van der Waals surface area contributed by atoms with Gasteiger partial charge in [0.1, 0.15) is 22.4 Å². The van der Waals surface area contributed by atoms with Gasteiger partial charge in [0, 0.05) is 83.6 Å². The number of fused-ring (bicyclic) bond motifs is 1. The molecule has 0 bridgehead atoms. The van der Waals surface area contributed by atoms with E-state index in [1.54, 1.807) is 52.0 Å². The van der Waals surface area contributed by atoms with E-state index >= 15 is 0 Å². The number of halogens is 1. The van der Waals surface area contributed by atoms with Crippen LogP contribution in [-0.2, 0) is 25.4 Å². The third kappa shape index (κ3) is 6.66. The Hall–Kier alpha value is -4.34. The number of nitrogens with zero attached hydrogens (tertiary/aromatic N) is 6. The first kappa shape index (κ1) is 34.5. The van der Waals surface area contributed by atoms with Crippen molar-refractivity contribution in [1.82, 2.24) is 29.7 Å². The van der Waals surface area contributed by atoms with Gasteiger partial charge in [-0.1, -0.05) is 0 Å². The maximum Gasteiger partial charge on any atom is 0.365 e. The average Bonchev–Trinajstić information content (AvgIpc) is 3.46. The Labute approximate surface area is 291 Å². The molecule has 1 fully saturated rings. The molecule has 17 heteroatoms. The third-order valence-electron chi connectivity index (χ3n) is 8.81. The van der Waals surface area contributed by atoms with Gasteiger partial charge in [-0.15, -0.1) is 0 Å². The van der Waals surface area contributed by atoms with Crippen molar-refractivity contribution >= 4 is 68.7 Å². The predicted octanol–water partition coefficient (Wildman–Crippen LogP) is 5.49. The van der Waals surface area contributed by atoms with Crippen molar-refractivity contribution in [2.75, 3.05) is 57.1 Å². The van der Waals surface area contributed by atoms with Gasteiger partial charge in [-0.2, -0.15) is 4.98 Å². The van der Waals surface area contributed by atoms with Crippen molar-refractivity contribution in [2.24, 2.45) is 7.05 Å². The van der Waals surface area contributed by atoms with Gasteiger partial charge in [0.25, 0.3) is 5.56 Å². The minimum absolute atomic E-state index is 0.164. The van der Waals surface area contributed by atoms with Crippen LogP contribution in [0.4, 0.5) is 28.8 Å². The Balaban J connectivity index is 1.39. The first-order chi connectivity index (χ1) is 23.5. The van der Waals surface area contributed by atoms with E-state index in [1.165, 1.54) is 25.1 Å². The highest BCUT2D eigenvalue weighted by Gasteiger charge is 2.33. The lowest BCUT2D eigenvalue weighted by molar-refractivity contribution is -0.0132. The quantitative estimate of drug-likeness (QED) is 0.145. The van der Waals surface area contributed by atoms with Crippen molar-refractivity contribution in [2.45, 2.75) is 25.4 Å². The van der Waals surface area contributed by atoms with E-state index in [9.17, 15) is 9.36 Å². The zero-order valence-corrected chi connectivity index (χ0v) is 30.4. The van der Waals surface area contributed by atoms with Crippen LogP contribution in [0.2, 0.25) is 0 Å². The molecule has 5 aromatic rings. The highest BCUT2D eigenvalue weighted by molar-refractivity contribution is 9.10. The van der Waals surface area contributed by atoms with Crippen LogP contribution in [-0.4, -0.2) is 76.8 Å². The van der Waals surface area contributed by atoms with Crippen LogP contribution >= 0.6 is 23.5 Å². The second-order valence-electron chi connectivity index (χ2n) is 11.7. The first-order valence-electron chi connectivity index (χ1n) is 15.3. The number of H-pyrrole nitrogens is 1. The van der Waals surface area contributed by atoms with Crippen LogP contribution in [0.1, 0.15) is 19.8 Å². The Kier molecular flexibility index (Phi) is 9.78. The predicted molar refractivity (Wildman–Crippen MR) is 192 cm³/mol. The van der Waals surface area contributed by atoms with Crippen molar-refractivity contribution in [3.8, 4) is 16.9 Å². The second kappa shape index (κ2) is 13.9. The molecule has 4 heterocycles. The number of nitrogens with one attached hydrogen (secondary N) is 3. The van der Waals surface area contributed by atoms with Crippen molar-refractivity contribution in [3.63, 3.8) is 0 Å². The lowest BCUT2D eigenvalue weighted by Crippen LogP contribution is -2.43. The van der Waals surface area contributed by atoms with E-state index in [2.05, 4.69) is 58.4 Å². The summed E-state index contributed by atoms with van der Waals surface area (Å²) in [6.07, 6.45) is 7.99. The molecule has 0 spiro atoms. The monoisotopic (exact) mass is 753 g/mol. The topological polar surface area (TPSA) is 171 Å². The van der Waals surface area contributed by atoms with Crippen molar-refractivity contribution < 1.29 is 23.1 Å². The van der Waals surface area contributed by atoms with Gasteiger partial charge >= 0.3 is 7.60 Å². The maximum atomic E-state index is 13.7. The van der Waals surface area contributed by atoms with Gasteiger partial charge in [-0.3, -0.25) is 24.0 Å². The van der Waals surface area contributed by atoms with Crippen molar-refractivity contribution in [1.29, 1.82) is 0 Å². The van der Waals surface area contributed by atoms with Gasteiger partial charge in [-0.25, -0.2) is 4.98 Å². The Bertz CT molecular complexity index is 2110. The Morgan fingerprint density at radius 1 is 0.980 bits per heavy atom. The van der Waals surface area contributed by atoms with Crippen LogP contribution in [0.5, 0.6) is 5.75 Å². The molecule has 0 amide bonds. The van der Waals surface area contributed by atoms with Gasteiger partial charge in [0.2, 0.25) is 5.95 Å². The van der Waals surface area contributed by atoms with Crippen LogP contribution in [0.25, 0.3) is 22.2 Å². The Morgan fingerprint density at radius 2 is 1.71 bits per heavy atom. The van der Waals surface area contributed by atoms with E-state index < -0.39 is 7.60 Å². The highest BCUT2D eigenvalue weighted by atomic mass is 79.9. The summed E-state index contributed by atoms with van der Waals surface area (Å²) in [6.45, 7) is 3.60. The summed E-state index contributed by atoms with van der Waals surface area (Å²) in [5, 5.41) is 9.71. The Morgan fingerprint density at radius 3 is 2.37 bits per heavy atom.